The Hall–Kier alpha value is -2.65. The summed E-state index contributed by atoms with van der Waals surface area (Å²) in [5.74, 6) is -0.241. The van der Waals surface area contributed by atoms with Crippen LogP contribution in [-0.4, -0.2) is 86.0 Å². The van der Waals surface area contributed by atoms with Gasteiger partial charge in [0.2, 0.25) is 0 Å². The highest BCUT2D eigenvalue weighted by molar-refractivity contribution is 5.76. The van der Waals surface area contributed by atoms with Crippen molar-refractivity contribution in [3.8, 4) is 0 Å². The Morgan fingerprint density at radius 2 is 1.89 bits per heavy atom. The van der Waals surface area contributed by atoms with Crippen LogP contribution >= 0.6 is 0 Å². The summed E-state index contributed by atoms with van der Waals surface area (Å²) in [5, 5.41) is 11.2. The second kappa shape index (κ2) is 9.43. The number of benzene rings is 1. The molecule has 1 saturated heterocycles. The van der Waals surface area contributed by atoms with Gasteiger partial charge < -0.3 is 21.0 Å². The zero-order valence-corrected chi connectivity index (χ0v) is 21.5. The van der Waals surface area contributed by atoms with Crippen molar-refractivity contribution in [2.24, 2.45) is 5.73 Å². The van der Waals surface area contributed by atoms with Crippen molar-refractivity contribution in [2.45, 2.75) is 38.1 Å². The Kier molecular flexibility index (Phi) is 6.48. The molecule has 2 unspecified atom stereocenters. The van der Waals surface area contributed by atoms with Crippen molar-refractivity contribution in [1.29, 1.82) is 0 Å². The fourth-order valence-corrected chi connectivity index (χ4v) is 5.81. The van der Waals surface area contributed by atoms with Gasteiger partial charge in [0.1, 0.15) is 12.1 Å². The van der Waals surface area contributed by atoms with Gasteiger partial charge in [-0.25, -0.2) is 9.40 Å². The summed E-state index contributed by atoms with van der Waals surface area (Å²) < 4.78 is 14.9. The van der Waals surface area contributed by atoms with Crippen molar-refractivity contribution in [1.82, 2.24) is 25.1 Å². The Bertz CT molecular complexity index is 1110. The van der Waals surface area contributed by atoms with Gasteiger partial charge in [-0.1, -0.05) is 18.2 Å². The van der Waals surface area contributed by atoms with E-state index in [1.165, 1.54) is 22.4 Å². The van der Waals surface area contributed by atoms with Crippen LogP contribution in [0.1, 0.15) is 25.3 Å². The van der Waals surface area contributed by atoms with Crippen molar-refractivity contribution in [2.75, 3.05) is 53.1 Å². The number of fused-ring (bicyclic) bond motifs is 1. The molecule has 3 heterocycles. The fourth-order valence-electron chi connectivity index (χ4n) is 5.81. The lowest BCUT2D eigenvalue weighted by molar-refractivity contribution is 0.0466. The minimum atomic E-state index is -0.241. The second-order valence-corrected chi connectivity index (χ2v) is 10.1. The van der Waals surface area contributed by atoms with Gasteiger partial charge in [-0.2, -0.15) is 0 Å². The standard InChI is InChI=1S/C27H38FN7/c1-17-21-14-18(7-9-25(21)34(5)33(17)4)22-16-31-27(35-12-10-20(29)11-13-35)32(3)26(22)19-6-8-24(30-2)23(28)15-19/h6-9,14-15,20,25,27,30-31H,10-13,16,29H2,1-5H3. The molecule has 4 N–H and O–H groups in total. The van der Waals surface area contributed by atoms with Crippen molar-refractivity contribution in [3.63, 3.8) is 0 Å². The summed E-state index contributed by atoms with van der Waals surface area (Å²) in [5.41, 5.74) is 13.6. The number of likely N-dealkylation sites (N-methyl/N-ethyl adjacent to an activating group) is 1. The van der Waals surface area contributed by atoms with Gasteiger partial charge in [-0.05, 0) is 54.7 Å². The minimum Gasteiger partial charge on any atom is -0.386 e. The largest absolute Gasteiger partial charge is 0.386 e. The van der Waals surface area contributed by atoms with Crippen molar-refractivity contribution < 1.29 is 4.39 Å². The molecule has 0 radical (unpaired) electrons. The van der Waals surface area contributed by atoms with Gasteiger partial charge in [-0.15, -0.1) is 0 Å². The zero-order chi connectivity index (χ0) is 24.9. The SMILES string of the molecule is CNc1ccc(C2=C(C3=CC4=C(C)N(C)N(C)C4C=C3)CNC(N3CCC(N)CC3)N2C)cc1F. The van der Waals surface area contributed by atoms with Gasteiger partial charge in [0.25, 0.3) is 0 Å². The lowest BCUT2D eigenvalue weighted by atomic mass is 9.89. The van der Waals surface area contributed by atoms with Crippen molar-refractivity contribution >= 4 is 11.4 Å². The highest BCUT2D eigenvalue weighted by Crippen LogP contribution is 2.38. The van der Waals surface area contributed by atoms with E-state index in [9.17, 15) is 4.39 Å². The van der Waals surface area contributed by atoms with E-state index in [-0.39, 0.29) is 24.2 Å². The van der Waals surface area contributed by atoms with E-state index in [1.807, 2.05) is 12.1 Å². The van der Waals surface area contributed by atoms with Gasteiger partial charge >= 0.3 is 0 Å². The van der Waals surface area contributed by atoms with E-state index in [1.54, 1.807) is 13.1 Å². The van der Waals surface area contributed by atoms with Gasteiger partial charge in [0.05, 0.1) is 17.4 Å². The fraction of sp³-hybridized carbons (Fsp3) is 0.481. The topological polar surface area (TPSA) is 63.0 Å². The van der Waals surface area contributed by atoms with E-state index in [0.717, 1.165) is 37.2 Å². The molecule has 0 bridgehead atoms. The van der Waals surface area contributed by atoms with Crippen molar-refractivity contribution in [3.05, 3.63) is 70.2 Å². The number of nitrogens with zero attached hydrogens (tertiary/aromatic N) is 4. The van der Waals surface area contributed by atoms with Crippen LogP contribution in [0.5, 0.6) is 0 Å². The Morgan fingerprint density at radius 3 is 2.57 bits per heavy atom. The number of hydrogen-bond donors (Lipinski definition) is 3. The maximum atomic E-state index is 14.9. The van der Waals surface area contributed by atoms with Crippen LogP contribution in [-0.2, 0) is 0 Å². The minimum absolute atomic E-state index is 0.0407. The average molecular weight is 480 g/mol. The number of allylic oxidation sites excluding steroid dienone is 2. The molecule has 1 aromatic carbocycles. The summed E-state index contributed by atoms with van der Waals surface area (Å²) in [6, 6.07) is 6.03. The first kappa shape index (κ1) is 24.1. The average Bonchev–Trinajstić information content (AvgIpc) is 3.08. The van der Waals surface area contributed by atoms with Crippen LogP contribution in [0.2, 0.25) is 0 Å². The molecule has 35 heavy (non-hydrogen) atoms. The molecular formula is C27H38FN7. The predicted octanol–water partition coefficient (Wildman–Crippen LogP) is 2.75. The highest BCUT2D eigenvalue weighted by atomic mass is 19.1. The van der Waals surface area contributed by atoms with E-state index in [0.29, 0.717) is 12.2 Å². The predicted molar refractivity (Wildman–Crippen MR) is 140 cm³/mol. The Morgan fingerprint density at radius 1 is 1.14 bits per heavy atom. The number of rotatable bonds is 4. The van der Waals surface area contributed by atoms with E-state index in [4.69, 9.17) is 5.73 Å². The number of likely N-dealkylation sites (tertiary alicyclic amines) is 1. The smallest absolute Gasteiger partial charge is 0.146 e. The molecular weight excluding hydrogens is 441 g/mol. The molecule has 8 heteroatoms. The normalized spacial score (nSPS) is 26.5. The van der Waals surface area contributed by atoms with Crippen LogP contribution in [0.4, 0.5) is 10.1 Å². The molecule has 1 aromatic rings. The molecule has 3 aliphatic heterocycles. The number of piperidine rings is 1. The molecule has 0 saturated carbocycles. The number of halogens is 1. The second-order valence-electron chi connectivity index (χ2n) is 10.1. The Balaban J connectivity index is 1.58. The molecule has 188 valence electrons. The van der Waals surface area contributed by atoms with Gasteiger partial charge in [-0.3, -0.25) is 10.2 Å². The first-order valence-corrected chi connectivity index (χ1v) is 12.5. The van der Waals surface area contributed by atoms with E-state index < -0.39 is 0 Å². The quantitative estimate of drug-likeness (QED) is 0.614. The summed E-state index contributed by atoms with van der Waals surface area (Å²) >= 11 is 0. The van der Waals surface area contributed by atoms with Gasteiger partial charge in [0, 0.05) is 65.1 Å². The zero-order valence-electron chi connectivity index (χ0n) is 21.5. The highest BCUT2D eigenvalue weighted by Gasteiger charge is 2.36. The monoisotopic (exact) mass is 479 g/mol. The third kappa shape index (κ3) is 4.18. The molecule has 7 nitrogen and oxygen atoms in total. The van der Waals surface area contributed by atoms with E-state index >= 15 is 0 Å². The van der Waals surface area contributed by atoms with Crippen LogP contribution in [0, 0.1) is 5.82 Å². The number of nitrogens with one attached hydrogen (secondary N) is 2. The summed E-state index contributed by atoms with van der Waals surface area (Å²) in [4.78, 5) is 4.73. The molecule has 5 rings (SSSR count). The lowest BCUT2D eigenvalue weighted by Gasteiger charge is -2.46. The molecule has 1 aliphatic carbocycles. The first-order chi connectivity index (χ1) is 16.8. The molecule has 0 amide bonds. The molecule has 2 atom stereocenters. The number of hydrogen-bond acceptors (Lipinski definition) is 7. The van der Waals surface area contributed by atoms with Crippen LogP contribution in [0.15, 0.2) is 58.8 Å². The number of nitrogens with two attached hydrogens (primary N) is 1. The lowest BCUT2D eigenvalue weighted by Crippen LogP contribution is -2.60. The first-order valence-electron chi connectivity index (χ1n) is 12.5. The maximum Gasteiger partial charge on any atom is 0.146 e. The molecule has 0 aromatic heterocycles. The van der Waals surface area contributed by atoms with Crippen LogP contribution in [0.3, 0.4) is 0 Å². The maximum absolute atomic E-state index is 14.9. The molecule has 0 spiro atoms. The molecule has 1 fully saturated rings. The Labute approximate surface area is 208 Å². The number of hydrazine groups is 1. The van der Waals surface area contributed by atoms with Crippen LogP contribution in [0.25, 0.3) is 5.70 Å². The third-order valence-corrected chi connectivity index (χ3v) is 8.11. The summed E-state index contributed by atoms with van der Waals surface area (Å²) in [7, 11) is 8.08. The van der Waals surface area contributed by atoms with Gasteiger partial charge in [0.15, 0.2) is 0 Å². The summed E-state index contributed by atoms with van der Waals surface area (Å²) in [6.07, 6.45) is 8.83. The summed E-state index contributed by atoms with van der Waals surface area (Å²) in [6.45, 7) is 4.78. The van der Waals surface area contributed by atoms with E-state index in [2.05, 4.69) is 76.7 Å². The molecule has 4 aliphatic rings. The van der Waals surface area contributed by atoms with Crippen LogP contribution < -0.4 is 16.4 Å². The number of anilines is 1. The third-order valence-electron chi connectivity index (χ3n) is 8.11.